The minimum atomic E-state index is 0.175. The van der Waals surface area contributed by atoms with Crippen molar-refractivity contribution in [1.29, 1.82) is 0 Å². The zero-order valence-electron chi connectivity index (χ0n) is 8.66. The molecule has 0 amide bonds. The van der Waals surface area contributed by atoms with Crippen LogP contribution in [0.5, 0.6) is 5.75 Å². The number of benzene rings is 1. The summed E-state index contributed by atoms with van der Waals surface area (Å²) in [6, 6.07) is 5.79. The average molecular weight is 210 g/mol. The Morgan fingerprint density at radius 2 is 2.21 bits per heavy atom. The molecule has 0 unspecified atom stereocenters. The van der Waals surface area contributed by atoms with Crippen molar-refractivity contribution < 1.29 is 9.53 Å². The molecule has 3 heteroatoms. The first-order valence-corrected chi connectivity index (χ1v) is 5.60. The number of hydrogen-bond acceptors (Lipinski definition) is 3. The van der Waals surface area contributed by atoms with Crippen molar-refractivity contribution in [3.63, 3.8) is 0 Å². The van der Waals surface area contributed by atoms with E-state index in [1.165, 1.54) is 0 Å². The summed E-state index contributed by atoms with van der Waals surface area (Å²) in [4.78, 5) is 12.1. The second-order valence-electron chi connectivity index (χ2n) is 3.03. The smallest absolute Gasteiger partial charge is 0.134 e. The Hall–Kier alpha value is -0.960. The van der Waals surface area contributed by atoms with Gasteiger partial charge in [0.05, 0.1) is 12.0 Å². The van der Waals surface area contributed by atoms with Crippen molar-refractivity contribution in [2.75, 3.05) is 13.4 Å². The Labute approximate surface area is 88.7 Å². The van der Waals surface area contributed by atoms with Crippen molar-refractivity contribution in [2.45, 2.75) is 18.2 Å². The van der Waals surface area contributed by atoms with Gasteiger partial charge in [-0.1, -0.05) is 12.1 Å². The zero-order valence-corrected chi connectivity index (χ0v) is 9.48. The lowest BCUT2D eigenvalue weighted by Crippen LogP contribution is -1.99. The number of methoxy groups -OCH3 is 1. The Kier molecular flexibility index (Phi) is 4.01. The van der Waals surface area contributed by atoms with Crippen LogP contribution in [-0.4, -0.2) is 19.1 Å². The molecule has 0 radical (unpaired) electrons. The number of carbonyl (C=O) groups is 1. The third-order valence-corrected chi connectivity index (χ3v) is 2.80. The molecule has 76 valence electrons. The summed E-state index contributed by atoms with van der Waals surface area (Å²) >= 11 is 1.61. The number of thioether (sulfide) groups is 1. The SMILES string of the molecule is COc1cccc(CC(C)=O)c1SC. The fourth-order valence-electron chi connectivity index (χ4n) is 1.36. The van der Waals surface area contributed by atoms with E-state index in [1.807, 2.05) is 24.5 Å². The third kappa shape index (κ3) is 2.51. The van der Waals surface area contributed by atoms with Gasteiger partial charge >= 0.3 is 0 Å². The molecule has 14 heavy (non-hydrogen) atoms. The maximum absolute atomic E-state index is 11.0. The molecule has 0 aliphatic heterocycles. The van der Waals surface area contributed by atoms with Crippen LogP contribution >= 0.6 is 11.8 Å². The van der Waals surface area contributed by atoms with Crippen LogP contribution in [0.15, 0.2) is 23.1 Å². The first-order chi connectivity index (χ1) is 6.69. The average Bonchev–Trinajstić information content (AvgIpc) is 2.16. The van der Waals surface area contributed by atoms with Gasteiger partial charge in [0.25, 0.3) is 0 Å². The van der Waals surface area contributed by atoms with Gasteiger partial charge in [0.2, 0.25) is 0 Å². The number of ketones is 1. The molecular formula is C11H14O2S. The molecule has 0 aromatic heterocycles. The molecule has 0 aliphatic rings. The highest BCUT2D eigenvalue weighted by Crippen LogP contribution is 2.31. The molecule has 0 aliphatic carbocycles. The van der Waals surface area contributed by atoms with E-state index in [0.29, 0.717) is 6.42 Å². The maximum atomic E-state index is 11.0. The van der Waals surface area contributed by atoms with E-state index >= 15 is 0 Å². The Balaban J connectivity index is 3.08. The number of hydrogen-bond donors (Lipinski definition) is 0. The van der Waals surface area contributed by atoms with Crippen molar-refractivity contribution in [3.05, 3.63) is 23.8 Å². The summed E-state index contributed by atoms with van der Waals surface area (Å²) < 4.78 is 5.23. The van der Waals surface area contributed by atoms with Crippen LogP contribution in [0.2, 0.25) is 0 Å². The fourth-order valence-corrected chi connectivity index (χ4v) is 2.12. The molecule has 1 aromatic rings. The van der Waals surface area contributed by atoms with E-state index in [2.05, 4.69) is 0 Å². The van der Waals surface area contributed by atoms with E-state index in [4.69, 9.17) is 4.74 Å². The fraction of sp³-hybridized carbons (Fsp3) is 0.364. The molecule has 1 rings (SSSR count). The molecule has 0 bridgehead atoms. The van der Waals surface area contributed by atoms with Crippen LogP contribution < -0.4 is 4.74 Å². The standard InChI is InChI=1S/C11H14O2S/c1-8(12)7-9-5-4-6-10(13-2)11(9)14-3/h4-6H,7H2,1-3H3. The van der Waals surface area contributed by atoms with E-state index < -0.39 is 0 Å². The monoisotopic (exact) mass is 210 g/mol. The van der Waals surface area contributed by atoms with Crippen LogP contribution in [-0.2, 0) is 11.2 Å². The highest BCUT2D eigenvalue weighted by Gasteiger charge is 2.08. The number of Topliss-reactive ketones (excluding diaryl/α,β-unsaturated/α-hetero) is 1. The van der Waals surface area contributed by atoms with Gasteiger partial charge in [-0.15, -0.1) is 11.8 Å². The molecule has 0 heterocycles. The van der Waals surface area contributed by atoms with E-state index in [0.717, 1.165) is 16.2 Å². The van der Waals surface area contributed by atoms with Gasteiger partial charge in [0, 0.05) is 6.42 Å². The normalized spacial score (nSPS) is 9.93. The highest BCUT2D eigenvalue weighted by molar-refractivity contribution is 7.98. The summed E-state index contributed by atoms with van der Waals surface area (Å²) in [5.41, 5.74) is 1.05. The van der Waals surface area contributed by atoms with E-state index in [1.54, 1.807) is 25.8 Å². The lowest BCUT2D eigenvalue weighted by Gasteiger charge is -2.10. The van der Waals surface area contributed by atoms with Crippen molar-refractivity contribution in [1.82, 2.24) is 0 Å². The highest BCUT2D eigenvalue weighted by atomic mass is 32.2. The quantitative estimate of drug-likeness (QED) is 0.714. The molecular weight excluding hydrogens is 196 g/mol. The van der Waals surface area contributed by atoms with Crippen LogP contribution in [0.3, 0.4) is 0 Å². The number of rotatable bonds is 4. The minimum absolute atomic E-state index is 0.175. The molecule has 0 saturated heterocycles. The van der Waals surface area contributed by atoms with Crippen LogP contribution in [0.4, 0.5) is 0 Å². The first-order valence-electron chi connectivity index (χ1n) is 4.38. The summed E-state index contributed by atoms with van der Waals surface area (Å²) in [5.74, 6) is 1.02. The van der Waals surface area contributed by atoms with Gasteiger partial charge in [-0.2, -0.15) is 0 Å². The molecule has 0 saturated carbocycles. The van der Waals surface area contributed by atoms with Crippen LogP contribution in [0.1, 0.15) is 12.5 Å². The molecule has 0 fully saturated rings. The summed E-state index contributed by atoms with van der Waals surface area (Å²) in [6.07, 6.45) is 2.47. The van der Waals surface area contributed by atoms with Gasteiger partial charge in [0.15, 0.2) is 0 Å². The van der Waals surface area contributed by atoms with Crippen LogP contribution in [0.25, 0.3) is 0 Å². The first kappa shape index (κ1) is 11.1. The second kappa shape index (κ2) is 5.05. The van der Waals surface area contributed by atoms with Crippen molar-refractivity contribution >= 4 is 17.5 Å². The largest absolute Gasteiger partial charge is 0.496 e. The predicted octanol–water partition coefficient (Wildman–Crippen LogP) is 2.55. The molecule has 0 N–H and O–H groups in total. The third-order valence-electron chi connectivity index (χ3n) is 1.92. The summed E-state index contributed by atoms with van der Waals surface area (Å²) in [6.45, 7) is 1.60. The molecule has 2 nitrogen and oxygen atoms in total. The topological polar surface area (TPSA) is 26.3 Å². The van der Waals surface area contributed by atoms with Gasteiger partial charge in [-0.25, -0.2) is 0 Å². The lowest BCUT2D eigenvalue weighted by atomic mass is 10.1. The van der Waals surface area contributed by atoms with Gasteiger partial charge < -0.3 is 4.74 Å². The lowest BCUT2D eigenvalue weighted by molar-refractivity contribution is -0.116. The minimum Gasteiger partial charge on any atom is -0.496 e. The second-order valence-corrected chi connectivity index (χ2v) is 3.85. The molecule has 0 spiro atoms. The van der Waals surface area contributed by atoms with Gasteiger partial charge in [0.1, 0.15) is 11.5 Å². The number of carbonyl (C=O) groups excluding carboxylic acids is 1. The van der Waals surface area contributed by atoms with Crippen molar-refractivity contribution in [3.8, 4) is 5.75 Å². The Morgan fingerprint density at radius 1 is 1.50 bits per heavy atom. The molecule has 1 aromatic carbocycles. The van der Waals surface area contributed by atoms with Gasteiger partial charge in [-0.3, -0.25) is 4.79 Å². The van der Waals surface area contributed by atoms with E-state index in [-0.39, 0.29) is 5.78 Å². The zero-order chi connectivity index (χ0) is 10.6. The summed E-state index contributed by atoms with van der Waals surface area (Å²) in [5, 5.41) is 0. The van der Waals surface area contributed by atoms with Crippen LogP contribution in [0, 0.1) is 0 Å². The summed E-state index contributed by atoms with van der Waals surface area (Å²) in [7, 11) is 1.65. The van der Waals surface area contributed by atoms with Gasteiger partial charge in [-0.05, 0) is 24.8 Å². The van der Waals surface area contributed by atoms with E-state index in [9.17, 15) is 4.79 Å². The molecule has 0 atom stereocenters. The maximum Gasteiger partial charge on any atom is 0.134 e. The van der Waals surface area contributed by atoms with Crippen molar-refractivity contribution in [2.24, 2.45) is 0 Å². The Bertz CT molecular complexity index is 334. The number of ether oxygens (including phenoxy) is 1. The Morgan fingerprint density at radius 3 is 2.71 bits per heavy atom. The predicted molar refractivity (Wildman–Crippen MR) is 59.2 cm³/mol.